The standard InChI is InChI=1S/C4H9NOS/c1-7-4(6)5-2-3-5/h4,6H,2-3H2,1H3. The average Bonchev–Trinajstić information content (AvgIpc) is 2.44. The molecule has 1 saturated heterocycles. The summed E-state index contributed by atoms with van der Waals surface area (Å²) >= 11 is 1.48. The molecule has 7 heavy (non-hydrogen) atoms. The first-order valence-corrected chi connectivity index (χ1v) is 3.58. The van der Waals surface area contributed by atoms with E-state index in [0.717, 1.165) is 13.1 Å². The summed E-state index contributed by atoms with van der Waals surface area (Å²) in [5, 5.41) is 8.89. The number of hydrogen-bond donors (Lipinski definition) is 1. The topological polar surface area (TPSA) is 23.2 Å². The van der Waals surface area contributed by atoms with E-state index in [2.05, 4.69) is 0 Å². The van der Waals surface area contributed by atoms with Crippen molar-refractivity contribution in [1.82, 2.24) is 4.90 Å². The minimum Gasteiger partial charge on any atom is -0.369 e. The van der Waals surface area contributed by atoms with E-state index in [0.29, 0.717) is 0 Å². The quantitative estimate of drug-likeness (QED) is 0.407. The highest BCUT2D eigenvalue weighted by Crippen LogP contribution is 2.15. The minimum atomic E-state index is -0.236. The van der Waals surface area contributed by atoms with Gasteiger partial charge in [-0.15, -0.1) is 11.8 Å². The lowest BCUT2D eigenvalue weighted by molar-refractivity contribution is 0.168. The van der Waals surface area contributed by atoms with Crippen LogP contribution >= 0.6 is 11.8 Å². The van der Waals surface area contributed by atoms with E-state index in [-0.39, 0.29) is 5.56 Å². The molecule has 0 amide bonds. The largest absolute Gasteiger partial charge is 0.369 e. The molecule has 0 aromatic rings. The van der Waals surface area contributed by atoms with Gasteiger partial charge in [0.15, 0.2) is 5.56 Å². The molecule has 3 heteroatoms. The second-order valence-electron chi connectivity index (χ2n) is 1.60. The molecule has 0 aliphatic carbocycles. The fourth-order valence-electron chi connectivity index (χ4n) is 0.428. The van der Waals surface area contributed by atoms with E-state index in [4.69, 9.17) is 5.11 Å². The Labute approximate surface area is 47.5 Å². The van der Waals surface area contributed by atoms with Crippen molar-refractivity contribution in [3.63, 3.8) is 0 Å². The highest BCUT2D eigenvalue weighted by Gasteiger charge is 2.23. The molecular formula is C4H9NOS. The Balaban J connectivity index is 2.10. The SMILES string of the molecule is CSC(O)N1CC1. The Morgan fingerprint density at radius 1 is 1.71 bits per heavy atom. The van der Waals surface area contributed by atoms with Gasteiger partial charge in [-0.25, -0.2) is 0 Å². The number of aliphatic hydroxyl groups excluding tert-OH is 1. The molecule has 1 rings (SSSR count). The number of aliphatic hydroxyl groups is 1. The van der Waals surface area contributed by atoms with Gasteiger partial charge in [0, 0.05) is 13.1 Å². The molecule has 1 unspecified atom stereocenters. The normalized spacial score (nSPS) is 24.9. The molecule has 1 aliphatic rings. The van der Waals surface area contributed by atoms with Gasteiger partial charge in [0.2, 0.25) is 0 Å². The Hall–Kier alpha value is 0.270. The van der Waals surface area contributed by atoms with Gasteiger partial charge in [-0.2, -0.15) is 0 Å². The van der Waals surface area contributed by atoms with Crippen LogP contribution in [0.15, 0.2) is 0 Å². The van der Waals surface area contributed by atoms with E-state index >= 15 is 0 Å². The number of nitrogens with zero attached hydrogens (tertiary/aromatic N) is 1. The molecule has 0 spiro atoms. The van der Waals surface area contributed by atoms with Crippen LogP contribution in [0.3, 0.4) is 0 Å². The lowest BCUT2D eigenvalue weighted by atomic mass is 11.0. The van der Waals surface area contributed by atoms with Gasteiger partial charge >= 0.3 is 0 Å². The Kier molecular flexibility index (Phi) is 1.57. The van der Waals surface area contributed by atoms with Crippen LogP contribution in [0.4, 0.5) is 0 Å². The van der Waals surface area contributed by atoms with Crippen molar-refractivity contribution in [2.45, 2.75) is 5.56 Å². The van der Waals surface area contributed by atoms with E-state index in [1.807, 2.05) is 11.2 Å². The molecule has 0 aromatic carbocycles. The predicted octanol–water partition coefficient (Wildman–Crippen LogP) is -0.0591. The third-order valence-electron chi connectivity index (χ3n) is 1.00. The van der Waals surface area contributed by atoms with Crippen LogP contribution < -0.4 is 0 Å². The van der Waals surface area contributed by atoms with Crippen LogP contribution in [0.25, 0.3) is 0 Å². The van der Waals surface area contributed by atoms with Gasteiger partial charge in [0.25, 0.3) is 0 Å². The molecule has 1 aliphatic heterocycles. The van der Waals surface area contributed by atoms with Crippen molar-refractivity contribution in [3.05, 3.63) is 0 Å². The third-order valence-corrected chi connectivity index (χ3v) is 1.72. The first kappa shape index (κ1) is 5.41. The molecule has 2 nitrogen and oxygen atoms in total. The Bertz CT molecular complexity index is 64.7. The van der Waals surface area contributed by atoms with E-state index in [1.54, 1.807) is 0 Å². The van der Waals surface area contributed by atoms with Gasteiger partial charge in [-0.1, -0.05) is 0 Å². The van der Waals surface area contributed by atoms with Crippen LogP contribution in [0, 0.1) is 0 Å². The van der Waals surface area contributed by atoms with E-state index < -0.39 is 0 Å². The predicted molar refractivity (Wildman–Crippen MR) is 31.1 cm³/mol. The molecule has 1 atom stereocenters. The van der Waals surface area contributed by atoms with Gasteiger partial charge in [-0.3, -0.25) is 4.90 Å². The summed E-state index contributed by atoms with van der Waals surface area (Å²) < 4.78 is 0. The van der Waals surface area contributed by atoms with Crippen molar-refractivity contribution in [3.8, 4) is 0 Å². The van der Waals surface area contributed by atoms with Crippen molar-refractivity contribution in [1.29, 1.82) is 0 Å². The summed E-state index contributed by atoms with van der Waals surface area (Å²) in [6.45, 7) is 2.14. The molecular weight excluding hydrogens is 110 g/mol. The summed E-state index contributed by atoms with van der Waals surface area (Å²) in [5.41, 5.74) is -0.236. The summed E-state index contributed by atoms with van der Waals surface area (Å²) in [6, 6.07) is 0. The highest BCUT2D eigenvalue weighted by molar-refractivity contribution is 7.98. The molecule has 1 fully saturated rings. The highest BCUT2D eigenvalue weighted by atomic mass is 32.2. The maximum absolute atomic E-state index is 8.89. The van der Waals surface area contributed by atoms with Gasteiger partial charge in [0.1, 0.15) is 0 Å². The summed E-state index contributed by atoms with van der Waals surface area (Å²) in [5.74, 6) is 0. The lowest BCUT2D eigenvalue weighted by Crippen LogP contribution is -2.11. The van der Waals surface area contributed by atoms with E-state index in [9.17, 15) is 0 Å². The fourth-order valence-corrected chi connectivity index (χ4v) is 0.937. The van der Waals surface area contributed by atoms with Crippen molar-refractivity contribution < 1.29 is 5.11 Å². The zero-order valence-electron chi connectivity index (χ0n) is 4.29. The van der Waals surface area contributed by atoms with Crippen LogP contribution in [-0.4, -0.2) is 34.9 Å². The Morgan fingerprint density at radius 3 is 2.43 bits per heavy atom. The van der Waals surface area contributed by atoms with Crippen molar-refractivity contribution in [2.75, 3.05) is 19.3 Å². The first-order valence-electron chi connectivity index (χ1n) is 2.29. The maximum Gasteiger partial charge on any atom is 0.155 e. The number of thioether (sulfide) groups is 1. The third kappa shape index (κ3) is 1.33. The monoisotopic (exact) mass is 119 g/mol. The average molecular weight is 119 g/mol. The lowest BCUT2D eigenvalue weighted by Gasteiger charge is -2.04. The second-order valence-corrected chi connectivity index (χ2v) is 2.49. The van der Waals surface area contributed by atoms with Gasteiger partial charge in [-0.05, 0) is 6.26 Å². The minimum absolute atomic E-state index is 0.236. The summed E-state index contributed by atoms with van der Waals surface area (Å²) in [6.07, 6.45) is 1.91. The maximum atomic E-state index is 8.89. The van der Waals surface area contributed by atoms with Crippen LogP contribution in [-0.2, 0) is 0 Å². The first-order chi connectivity index (χ1) is 3.34. The van der Waals surface area contributed by atoms with Crippen LogP contribution in [0.2, 0.25) is 0 Å². The van der Waals surface area contributed by atoms with Gasteiger partial charge < -0.3 is 5.11 Å². The zero-order chi connectivity index (χ0) is 5.28. The summed E-state index contributed by atoms with van der Waals surface area (Å²) in [7, 11) is 0. The van der Waals surface area contributed by atoms with Crippen LogP contribution in [0.5, 0.6) is 0 Å². The molecule has 0 saturated carbocycles. The zero-order valence-corrected chi connectivity index (χ0v) is 5.11. The summed E-state index contributed by atoms with van der Waals surface area (Å²) in [4.78, 5) is 1.99. The van der Waals surface area contributed by atoms with E-state index in [1.165, 1.54) is 11.8 Å². The number of hydrogen-bond acceptors (Lipinski definition) is 3. The van der Waals surface area contributed by atoms with Crippen molar-refractivity contribution >= 4 is 11.8 Å². The van der Waals surface area contributed by atoms with Crippen molar-refractivity contribution in [2.24, 2.45) is 0 Å². The molecule has 0 bridgehead atoms. The second kappa shape index (κ2) is 2.03. The molecule has 1 N–H and O–H groups in total. The molecule has 1 heterocycles. The van der Waals surface area contributed by atoms with Gasteiger partial charge in [0.05, 0.1) is 0 Å². The van der Waals surface area contributed by atoms with Crippen LogP contribution in [0.1, 0.15) is 0 Å². The smallest absolute Gasteiger partial charge is 0.155 e. The molecule has 42 valence electrons. The number of rotatable bonds is 2. The molecule has 0 aromatic heterocycles. The Morgan fingerprint density at radius 2 is 2.29 bits per heavy atom. The fraction of sp³-hybridized carbons (Fsp3) is 1.00. The molecule has 0 radical (unpaired) electrons.